The van der Waals surface area contributed by atoms with Crippen LogP contribution in [0.25, 0.3) is 11.3 Å². The van der Waals surface area contributed by atoms with E-state index in [2.05, 4.69) is 59.4 Å². The largest absolute Gasteiger partial charge is 0.465 e. The minimum absolute atomic E-state index is 0.0306. The fraction of sp³-hybridized carbons (Fsp3) is 0.514. The van der Waals surface area contributed by atoms with Crippen molar-refractivity contribution >= 4 is 25.8 Å². The van der Waals surface area contributed by atoms with Crippen molar-refractivity contribution in [2.45, 2.75) is 83.0 Å². The molecule has 3 atom stereocenters. The van der Waals surface area contributed by atoms with Gasteiger partial charge in [-0.2, -0.15) is 0 Å². The van der Waals surface area contributed by atoms with Crippen molar-refractivity contribution in [3.63, 3.8) is 0 Å². The second kappa shape index (κ2) is 14.2. The van der Waals surface area contributed by atoms with Gasteiger partial charge in [0.25, 0.3) is 0 Å². The number of anilines is 2. The van der Waals surface area contributed by atoms with Gasteiger partial charge in [0.05, 0.1) is 47.5 Å². The molecule has 3 N–H and O–H groups in total. The van der Waals surface area contributed by atoms with Gasteiger partial charge in [0, 0.05) is 51.3 Å². The van der Waals surface area contributed by atoms with Gasteiger partial charge in [-0.3, -0.25) is 4.98 Å². The highest BCUT2D eigenvalue weighted by Crippen LogP contribution is 2.41. The zero-order chi connectivity index (χ0) is 35.7. The number of rotatable bonds is 9. The third-order valence-corrected chi connectivity index (χ3v) is 14.5. The van der Waals surface area contributed by atoms with E-state index in [1.54, 1.807) is 12.4 Å². The molecule has 0 radical (unpaired) electrons. The Balaban J connectivity index is 1.36. The van der Waals surface area contributed by atoms with Gasteiger partial charge in [-0.25, -0.2) is 27.3 Å². The van der Waals surface area contributed by atoms with Gasteiger partial charge in [-0.15, -0.1) is 0 Å². The van der Waals surface area contributed by atoms with E-state index < -0.39 is 54.8 Å². The van der Waals surface area contributed by atoms with E-state index in [-0.39, 0.29) is 55.2 Å². The summed E-state index contributed by atoms with van der Waals surface area (Å²) in [7, 11) is -2.22. The molecule has 266 valence electrons. The van der Waals surface area contributed by atoms with Crippen LogP contribution in [-0.4, -0.2) is 67.9 Å². The molecule has 49 heavy (non-hydrogen) atoms. The first-order valence-electron chi connectivity index (χ1n) is 16.5. The second-order valence-electron chi connectivity index (χ2n) is 14.6. The molecule has 2 saturated heterocycles. The number of aromatic nitrogens is 2. The van der Waals surface area contributed by atoms with Gasteiger partial charge >= 0.3 is 6.09 Å². The highest BCUT2D eigenvalue weighted by Gasteiger charge is 2.45. The maximum Gasteiger partial charge on any atom is 0.405 e. The molecule has 0 unspecified atom stereocenters. The van der Waals surface area contributed by atoms with E-state index >= 15 is 17.6 Å². The number of nitrogens with one attached hydrogen (secondary N) is 2. The summed E-state index contributed by atoms with van der Waals surface area (Å²) >= 11 is 0. The molecular formula is C35H45F4N5O4Si. The number of piperidine rings is 1. The zero-order valence-corrected chi connectivity index (χ0v) is 29.7. The molecule has 2 aliphatic heterocycles. The highest BCUT2D eigenvalue weighted by molar-refractivity contribution is 6.74. The van der Waals surface area contributed by atoms with Crippen LogP contribution in [0.3, 0.4) is 0 Å². The number of ether oxygens (including phenoxy) is 1. The van der Waals surface area contributed by atoms with Crippen molar-refractivity contribution in [2.24, 2.45) is 5.92 Å². The van der Waals surface area contributed by atoms with E-state index in [1.807, 2.05) is 13.0 Å². The van der Waals surface area contributed by atoms with Crippen LogP contribution in [0.1, 0.15) is 51.8 Å². The number of hydrogen-bond acceptors (Lipinski definition) is 7. The molecule has 0 saturated carbocycles. The van der Waals surface area contributed by atoms with Crippen molar-refractivity contribution < 1.29 is 36.6 Å². The fourth-order valence-electron chi connectivity index (χ4n) is 6.25. The van der Waals surface area contributed by atoms with Gasteiger partial charge in [0.2, 0.25) is 0 Å². The Labute approximate surface area is 285 Å². The van der Waals surface area contributed by atoms with Crippen LogP contribution in [0.2, 0.25) is 18.1 Å². The summed E-state index contributed by atoms with van der Waals surface area (Å²) in [5, 5.41) is 15.6. The monoisotopic (exact) mass is 703 g/mol. The molecule has 1 amide bonds. The number of amides is 1. The number of carbonyl (C=O) groups is 1. The van der Waals surface area contributed by atoms with Gasteiger partial charge < -0.3 is 29.8 Å². The Hall–Kier alpha value is -3.75. The van der Waals surface area contributed by atoms with Crippen LogP contribution in [0, 0.1) is 23.4 Å². The Bertz CT molecular complexity index is 1640. The molecule has 0 spiro atoms. The van der Waals surface area contributed by atoms with Crippen LogP contribution >= 0.6 is 0 Å². The first kappa shape index (κ1) is 36.5. The highest BCUT2D eigenvalue weighted by atomic mass is 28.4. The van der Waals surface area contributed by atoms with Gasteiger partial charge in [-0.1, -0.05) is 27.7 Å². The van der Waals surface area contributed by atoms with E-state index in [4.69, 9.17) is 9.16 Å². The number of halogens is 4. The zero-order valence-electron chi connectivity index (χ0n) is 28.7. The summed E-state index contributed by atoms with van der Waals surface area (Å²) < 4.78 is 73.1. The summed E-state index contributed by atoms with van der Waals surface area (Å²) in [6.07, 6.45) is 1.72. The first-order chi connectivity index (χ1) is 23.0. The minimum atomic E-state index is -2.22. The quantitative estimate of drug-likeness (QED) is 0.154. The van der Waals surface area contributed by atoms with Gasteiger partial charge in [0.15, 0.2) is 8.32 Å². The third-order valence-electron chi connectivity index (χ3n) is 10.0. The lowest BCUT2D eigenvalue weighted by Crippen LogP contribution is -2.62. The van der Waals surface area contributed by atoms with Crippen LogP contribution in [0.5, 0.6) is 0 Å². The summed E-state index contributed by atoms with van der Waals surface area (Å²) in [6, 6.07) is 5.61. The minimum Gasteiger partial charge on any atom is -0.465 e. The van der Waals surface area contributed by atoms with Crippen molar-refractivity contribution in [1.29, 1.82) is 0 Å². The second-order valence-corrected chi connectivity index (χ2v) is 19.3. The lowest BCUT2D eigenvalue weighted by atomic mass is 9.87. The summed E-state index contributed by atoms with van der Waals surface area (Å²) in [5.74, 6) is -3.17. The van der Waals surface area contributed by atoms with Gasteiger partial charge in [0.1, 0.15) is 28.8 Å². The van der Waals surface area contributed by atoms with Crippen molar-refractivity contribution in [3.8, 4) is 11.3 Å². The van der Waals surface area contributed by atoms with Crippen LogP contribution in [-0.2, 0) is 21.4 Å². The van der Waals surface area contributed by atoms with E-state index in [1.165, 1.54) is 6.07 Å². The summed E-state index contributed by atoms with van der Waals surface area (Å²) in [5.41, 5.74) is -1.63. The first-order valence-corrected chi connectivity index (χ1v) is 19.4. The molecule has 14 heteroatoms. The third kappa shape index (κ3) is 8.02. The molecule has 3 aromatic rings. The Morgan fingerprint density at radius 1 is 1.10 bits per heavy atom. The smallest absolute Gasteiger partial charge is 0.405 e. The SMILES string of the molecule is C[C@H]1CN(c2ccncc2NCc2ccc(F)c(-c3c(F)cc(C4(F)CCOCC4)cc3F)n2)C[C@@H](NC(=O)O)[C@@H]1O[Si](C)(C)C(C)(C)C. The number of benzene rings is 1. The van der Waals surface area contributed by atoms with Crippen LogP contribution in [0.15, 0.2) is 42.7 Å². The molecule has 4 heterocycles. The van der Waals surface area contributed by atoms with Crippen molar-refractivity contribution in [3.05, 3.63) is 71.4 Å². The lowest BCUT2D eigenvalue weighted by molar-refractivity contribution is -0.0117. The Kier molecular flexibility index (Phi) is 10.6. The Morgan fingerprint density at radius 2 is 1.78 bits per heavy atom. The van der Waals surface area contributed by atoms with Crippen LogP contribution in [0.4, 0.5) is 33.7 Å². The molecule has 2 fully saturated rings. The molecule has 0 aliphatic carbocycles. The fourth-order valence-corrected chi connectivity index (χ4v) is 7.68. The van der Waals surface area contributed by atoms with Gasteiger partial charge in [-0.05, 0) is 54.0 Å². The number of hydrogen-bond donors (Lipinski definition) is 3. The lowest BCUT2D eigenvalue weighted by Gasteiger charge is -2.48. The van der Waals surface area contributed by atoms with E-state index in [0.29, 0.717) is 24.5 Å². The average Bonchev–Trinajstić information content (AvgIpc) is 3.02. The molecular weight excluding hydrogens is 658 g/mol. The van der Waals surface area contributed by atoms with Crippen molar-refractivity contribution in [1.82, 2.24) is 15.3 Å². The number of alkyl halides is 1. The topological polar surface area (TPSA) is 109 Å². The molecule has 2 aromatic heterocycles. The Morgan fingerprint density at radius 3 is 2.41 bits per heavy atom. The van der Waals surface area contributed by atoms with E-state index in [0.717, 1.165) is 23.9 Å². The number of carboxylic acid groups (broad SMARTS) is 1. The summed E-state index contributed by atoms with van der Waals surface area (Å²) in [6.45, 7) is 14.0. The predicted molar refractivity (Wildman–Crippen MR) is 182 cm³/mol. The number of pyridine rings is 2. The van der Waals surface area contributed by atoms with Crippen LogP contribution < -0.4 is 15.5 Å². The van der Waals surface area contributed by atoms with E-state index in [9.17, 15) is 9.90 Å². The molecule has 1 aromatic carbocycles. The predicted octanol–water partition coefficient (Wildman–Crippen LogP) is 7.63. The average molecular weight is 704 g/mol. The normalized spacial score (nSPS) is 21.3. The van der Waals surface area contributed by atoms with Crippen molar-refractivity contribution in [2.75, 3.05) is 36.5 Å². The molecule has 2 aliphatic rings. The summed E-state index contributed by atoms with van der Waals surface area (Å²) in [4.78, 5) is 22.4. The molecule has 0 bridgehead atoms. The molecule has 5 rings (SSSR count). The standard InChI is InChI=1S/C35H45F4N5O4Si/c1-21-19-44(20-28(43-33(45)46)32(21)48-49(5,6)34(2,3)4)29-9-12-40-18-27(29)41-17-23-7-8-24(36)31(42-23)30-25(37)15-22(16-26(30)38)35(39)10-13-47-14-11-35/h7-9,12,15-16,18,21,28,32,41,43H,10-11,13-14,17,19-20H2,1-6H3,(H,45,46)/t21-,28+,32+/m0/s1. The maximum atomic E-state index is 15.4. The number of nitrogens with zero attached hydrogens (tertiary/aromatic N) is 3. The maximum absolute atomic E-state index is 15.4. The molecule has 9 nitrogen and oxygen atoms in total.